The Morgan fingerprint density at radius 1 is 0.808 bits per heavy atom. The van der Waals surface area contributed by atoms with Crippen LogP contribution in [-0.2, 0) is 46.6 Å². The van der Waals surface area contributed by atoms with Crippen molar-refractivity contribution in [2.75, 3.05) is 6.61 Å². The topological polar surface area (TPSA) is 166 Å². The number of hydrogen-bond acceptors (Lipinski definition) is 9. The molecule has 52 heavy (non-hydrogen) atoms. The van der Waals surface area contributed by atoms with Crippen molar-refractivity contribution >= 4 is 34.1 Å². The monoisotopic (exact) mass is 747 g/mol. The summed E-state index contributed by atoms with van der Waals surface area (Å²) in [5, 5.41) is 5.23. The van der Waals surface area contributed by atoms with E-state index in [2.05, 4.69) is 20.1 Å². The van der Waals surface area contributed by atoms with Crippen LogP contribution in [0.3, 0.4) is 0 Å². The first-order valence-electron chi connectivity index (χ1n) is 16.5. The normalized spacial score (nSPS) is 17.3. The van der Waals surface area contributed by atoms with E-state index in [9.17, 15) is 40.8 Å². The van der Waals surface area contributed by atoms with E-state index in [0.717, 1.165) is 12.1 Å². The van der Waals surface area contributed by atoms with E-state index in [1.54, 1.807) is 74.5 Å². The third kappa shape index (κ3) is 11.8. The first-order valence-corrected chi connectivity index (χ1v) is 18.0. The zero-order valence-electron chi connectivity index (χ0n) is 28.4. The molecule has 1 aliphatic rings. The lowest BCUT2D eigenvalue weighted by Crippen LogP contribution is -2.47. The fourth-order valence-corrected chi connectivity index (χ4v) is 6.82. The van der Waals surface area contributed by atoms with Gasteiger partial charge in [-0.1, -0.05) is 74.5 Å². The van der Waals surface area contributed by atoms with Crippen LogP contribution in [0.5, 0.6) is 0 Å². The number of esters is 1. The highest BCUT2D eigenvalue weighted by Gasteiger charge is 2.33. The molecular formula is C36H40F3N3O9S. The van der Waals surface area contributed by atoms with Crippen LogP contribution in [0, 0.1) is 11.8 Å². The van der Waals surface area contributed by atoms with Gasteiger partial charge in [0.15, 0.2) is 0 Å². The maximum atomic E-state index is 13.4. The van der Waals surface area contributed by atoms with Crippen molar-refractivity contribution in [1.29, 1.82) is 0 Å². The number of benzene rings is 3. The molecule has 12 nitrogen and oxygen atoms in total. The lowest BCUT2D eigenvalue weighted by molar-refractivity contribution is -0.148. The van der Waals surface area contributed by atoms with Gasteiger partial charge in [0.05, 0.1) is 16.5 Å². The number of sulfonamides is 1. The molecule has 1 saturated carbocycles. The summed E-state index contributed by atoms with van der Waals surface area (Å²) in [5.41, 5.74) is 0.353. The Morgan fingerprint density at radius 3 is 1.98 bits per heavy atom. The van der Waals surface area contributed by atoms with E-state index < -0.39 is 69.9 Å². The zero-order chi connectivity index (χ0) is 37.9. The fourth-order valence-electron chi connectivity index (χ4n) is 5.51. The van der Waals surface area contributed by atoms with E-state index in [-0.39, 0.29) is 24.0 Å². The number of rotatable bonds is 13. The Labute approximate surface area is 299 Å². The van der Waals surface area contributed by atoms with Gasteiger partial charge in [0, 0.05) is 12.0 Å². The molecule has 2 atom stereocenters. The number of amides is 2. The maximum Gasteiger partial charge on any atom is 0.517 e. The summed E-state index contributed by atoms with van der Waals surface area (Å²) in [5.74, 6) is -2.14. The first-order chi connectivity index (χ1) is 24.6. The van der Waals surface area contributed by atoms with Crippen LogP contribution in [0.25, 0.3) is 0 Å². The second-order valence-corrected chi connectivity index (χ2v) is 14.3. The van der Waals surface area contributed by atoms with Crippen molar-refractivity contribution < 1.29 is 55.0 Å². The largest absolute Gasteiger partial charge is 0.517 e. The minimum absolute atomic E-state index is 0.124. The molecule has 1 aliphatic carbocycles. The predicted octanol–water partition coefficient (Wildman–Crippen LogP) is 6.03. The lowest BCUT2D eigenvalue weighted by atomic mass is 9.85. The van der Waals surface area contributed by atoms with Crippen LogP contribution in [0.1, 0.15) is 62.3 Å². The number of carbonyl (C=O) groups excluding carboxylic acids is 4. The minimum atomic E-state index is -4.60. The number of alkyl halides is 3. The third-order valence-corrected chi connectivity index (χ3v) is 9.93. The molecule has 16 heteroatoms. The van der Waals surface area contributed by atoms with Crippen molar-refractivity contribution in [2.24, 2.45) is 11.8 Å². The maximum absolute atomic E-state index is 13.4. The summed E-state index contributed by atoms with van der Waals surface area (Å²) >= 11 is 0. The molecule has 0 unspecified atom stereocenters. The summed E-state index contributed by atoms with van der Waals surface area (Å²) in [7, 11) is -4.09. The molecule has 0 aliphatic heterocycles. The van der Waals surface area contributed by atoms with Gasteiger partial charge in [-0.15, -0.1) is 0 Å². The lowest BCUT2D eigenvalue weighted by Gasteiger charge is -2.30. The minimum Gasteiger partial charge on any atom is -0.462 e. The fraction of sp³-hybridized carbons (Fsp3) is 0.389. The predicted molar refractivity (Wildman–Crippen MR) is 181 cm³/mol. The Hall–Kier alpha value is -4.96. The summed E-state index contributed by atoms with van der Waals surface area (Å²) in [4.78, 5) is 50.6. The molecule has 3 aromatic rings. The Kier molecular flexibility index (Phi) is 13.8. The van der Waals surface area contributed by atoms with Gasteiger partial charge in [-0.3, -0.25) is 4.79 Å². The van der Waals surface area contributed by atoms with Gasteiger partial charge in [0.25, 0.3) is 0 Å². The molecule has 0 saturated heterocycles. The van der Waals surface area contributed by atoms with Gasteiger partial charge in [-0.05, 0) is 67.0 Å². The van der Waals surface area contributed by atoms with E-state index in [0.29, 0.717) is 48.9 Å². The molecule has 0 radical (unpaired) electrons. The molecule has 2 amide bonds. The average molecular weight is 748 g/mol. The average Bonchev–Trinajstić information content (AvgIpc) is 3.11. The zero-order valence-corrected chi connectivity index (χ0v) is 29.2. The summed E-state index contributed by atoms with van der Waals surface area (Å²) in [6.07, 6.45) is -5.80. The Balaban J connectivity index is 1.29. The summed E-state index contributed by atoms with van der Waals surface area (Å²) in [6, 6.07) is 18.2. The molecule has 3 N–H and O–H groups in total. The van der Waals surface area contributed by atoms with E-state index in [1.807, 2.05) is 0 Å². The third-order valence-electron chi connectivity index (χ3n) is 8.39. The van der Waals surface area contributed by atoms with Crippen LogP contribution in [0.4, 0.5) is 22.8 Å². The molecular weight excluding hydrogens is 707 g/mol. The van der Waals surface area contributed by atoms with Crippen molar-refractivity contribution in [3.8, 4) is 0 Å². The van der Waals surface area contributed by atoms with E-state index in [4.69, 9.17) is 9.47 Å². The second-order valence-electron chi connectivity index (χ2n) is 12.6. The highest BCUT2D eigenvalue weighted by atomic mass is 32.2. The molecule has 1 fully saturated rings. The second kappa shape index (κ2) is 18.0. The van der Waals surface area contributed by atoms with Crippen molar-refractivity contribution in [1.82, 2.24) is 15.4 Å². The molecule has 4 rings (SSSR count). The highest BCUT2D eigenvalue weighted by Crippen LogP contribution is 2.31. The first kappa shape index (κ1) is 39.8. The molecule has 0 heterocycles. The van der Waals surface area contributed by atoms with Gasteiger partial charge in [0.2, 0.25) is 15.9 Å². The van der Waals surface area contributed by atoms with Gasteiger partial charge in [0.1, 0.15) is 19.3 Å². The molecule has 3 aromatic carbocycles. The van der Waals surface area contributed by atoms with E-state index in [1.165, 1.54) is 0 Å². The Morgan fingerprint density at radius 2 is 1.40 bits per heavy atom. The van der Waals surface area contributed by atoms with Crippen LogP contribution in [-0.4, -0.2) is 51.2 Å². The van der Waals surface area contributed by atoms with Gasteiger partial charge >= 0.3 is 24.4 Å². The summed E-state index contributed by atoms with van der Waals surface area (Å²) in [6.45, 7) is 2.88. The van der Waals surface area contributed by atoms with Crippen molar-refractivity contribution in [3.05, 3.63) is 102 Å². The van der Waals surface area contributed by atoms with E-state index >= 15 is 0 Å². The molecule has 0 spiro atoms. The molecule has 280 valence electrons. The number of ether oxygens (including phenoxy) is 3. The summed E-state index contributed by atoms with van der Waals surface area (Å²) < 4.78 is 81.9. The van der Waals surface area contributed by atoms with Crippen LogP contribution in [0.15, 0.2) is 89.8 Å². The van der Waals surface area contributed by atoms with Crippen molar-refractivity contribution in [3.63, 3.8) is 0 Å². The Bertz CT molecular complexity index is 1770. The van der Waals surface area contributed by atoms with Crippen molar-refractivity contribution in [2.45, 2.75) is 75.3 Å². The number of halogens is 3. The SMILES string of the molecule is CC(C)[C@H](NC(=O)OC(=O)OCc1ccccc1)C(=O)OC[C@@H](NC(=O)[C@H]1CC[C@H](NS(=O)(=O)c2ccc(C(F)(F)F)cc2)CC1)c1ccccc1. The molecule has 0 aromatic heterocycles. The van der Waals surface area contributed by atoms with Crippen LogP contribution in [0.2, 0.25) is 0 Å². The van der Waals surface area contributed by atoms with Crippen LogP contribution < -0.4 is 15.4 Å². The standard InChI is InChI=1S/C36H40F3N3O9S/c1-23(2)31(41-34(45)51-35(46)50-21-24-9-5-3-6-10-24)33(44)49-22-30(25-11-7-4-8-12-25)40-32(43)26-13-17-28(18-14-26)42-52(47,48)29-19-15-27(16-20-29)36(37,38)39/h3-12,15-16,19-20,23,26,28,30-31,42H,13-14,17-18,21-22H2,1-2H3,(H,40,43)(H,41,45)/t26-,28-,30-,31+/m1/s1. The van der Waals surface area contributed by atoms with Gasteiger partial charge in [-0.2, -0.15) is 13.2 Å². The smallest absolute Gasteiger partial charge is 0.462 e. The van der Waals surface area contributed by atoms with Gasteiger partial charge in [-0.25, -0.2) is 27.5 Å². The molecule has 0 bridgehead atoms. The van der Waals surface area contributed by atoms with Crippen LogP contribution >= 0.6 is 0 Å². The number of alkyl carbamates (subject to hydrolysis) is 1. The number of carbonyl (C=O) groups is 4. The highest BCUT2D eigenvalue weighted by molar-refractivity contribution is 7.89. The quantitative estimate of drug-likeness (QED) is 0.140. The van der Waals surface area contributed by atoms with Gasteiger partial charge < -0.3 is 24.8 Å². The number of nitrogens with one attached hydrogen (secondary N) is 3. The number of hydrogen-bond donors (Lipinski definition) is 3.